The first kappa shape index (κ1) is 20.7. The molecule has 1 fully saturated rings. The second-order valence-electron chi connectivity index (χ2n) is 8.19. The maximum Gasteiger partial charge on any atom is 0.148 e. The molecule has 28 heavy (non-hydrogen) atoms. The largest absolute Gasteiger partial charge is 0.319 e. The van der Waals surface area contributed by atoms with Crippen molar-refractivity contribution in [3.63, 3.8) is 0 Å². The van der Waals surface area contributed by atoms with Gasteiger partial charge < -0.3 is 5.73 Å². The summed E-state index contributed by atoms with van der Waals surface area (Å²) in [6.45, 7) is 6.61. The van der Waals surface area contributed by atoms with Crippen LogP contribution in [0, 0.1) is 6.92 Å². The van der Waals surface area contributed by atoms with Gasteiger partial charge in [0.25, 0.3) is 0 Å². The monoisotopic (exact) mass is 378 g/mol. The predicted octanol–water partition coefficient (Wildman–Crippen LogP) is 6.24. The summed E-state index contributed by atoms with van der Waals surface area (Å²) in [5.74, 6) is 0.775. The maximum absolute atomic E-state index is 6.33. The van der Waals surface area contributed by atoms with E-state index in [-0.39, 0.29) is 5.54 Å². The van der Waals surface area contributed by atoms with Crippen LogP contribution in [-0.2, 0) is 5.54 Å². The third-order valence-electron chi connectivity index (χ3n) is 5.79. The van der Waals surface area contributed by atoms with Crippen molar-refractivity contribution < 1.29 is 0 Å². The molecule has 0 atom stereocenters. The Morgan fingerprint density at radius 2 is 1.68 bits per heavy atom. The van der Waals surface area contributed by atoms with Gasteiger partial charge in [-0.2, -0.15) is 0 Å². The predicted molar refractivity (Wildman–Crippen MR) is 118 cm³/mol. The number of nitrogens with two attached hydrogens (primary N) is 1. The number of hydrogen-bond acceptors (Lipinski definition) is 4. The highest BCUT2D eigenvalue weighted by Gasteiger charge is 2.37. The van der Waals surface area contributed by atoms with Crippen LogP contribution in [0.25, 0.3) is 11.1 Å². The molecule has 1 aromatic carbocycles. The minimum Gasteiger partial charge on any atom is -0.319 e. The van der Waals surface area contributed by atoms with Crippen LogP contribution in [0.3, 0.4) is 0 Å². The van der Waals surface area contributed by atoms with Crippen LogP contribution in [0.1, 0.15) is 83.0 Å². The van der Waals surface area contributed by atoms with Gasteiger partial charge in [-0.25, -0.2) is 9.97 Å². The summed E-state index contributed by atoms with van der Waals surface area (Å²) in [6.07, 6.45) is 14.0. The molecule has 1 saturated carbocycles. The molecule has 4 nitrogen and oxygen atoms in total. The number of aliphatic imine (C=N–C) groups is 1. The van der Waals surface area contributed by atoms with Gasteiger partial charge in [0.2, 0.25) is 0 Å². The van der Waals surface area contributed by atoms with E-state index in [0.717, 1.165) is 48.3 Å². The zero-order chi connectivity index (χ0) is 20.0. The number of hydrogen-bond donors (Lipinski definition) is 1. The van der Waals surface area contributed by atoms with Gasteiger partial charge >= 0.3 is 0 Å². The minimum absolute atomic E-state index is 0.305. The standard InChI is InChI=1S/C24H34N4/c1-4-6-9-21(10-7-5-2)28-22-12-11-19(15-18(22)3)20-16-26-23(27-17-20)24(25)13-8-14-24/h11-12,15-17H,4-10,13-14,25H2,1-3H3. The zero-order valence-corrected chi connectivity index (χ0v) is 17.7. The van der Waals surface area contributed by atoms with Crippen molar-refractivity contribution in [2.24, 2.45) is 10.7 Å². The number of rotatable bonds is 9. The molecule has 0 radical (unpaired) electrons. The Morgan fingerprint density at radius 1 is 1.04 bits per heavy atom. The normalized spacial score (nSPS) is 15.1. The molecule has 2 N–H and O–H groups in total. The van der Waals surface area contributed by atoms with E-state index >= 15 is 0 Å². The molecule has 0 bridgehead atoms. The molecule has 1 aliphatic rings. The molecule has 0 spiro atoms. The first-order chi connectivity index (χ1) is 13.6. The Bertz CT molecular complexity index is 794. The van der Waals surface area contributed by atoms with E-state index in [1.807, 2.05) is 12.4 Å². The van der Waals surface area contributed by atoms with Gasteiger partial charge in [-0.1, -0.05) is 32.8 Å². The highest BCUT2D eigenvalue weighted by molar-refractivity contribution is 5.87. The van der Waals surface area contributed by atoms with Crippen LogP contribution >= 0.6 is 0 Å². The van der Waals surface area contributed by atoms with Crippen LogP contribution in [0.2, 0.25) is 0 Å². The Hall–Kier alpha value is -2.07. The number of benzene rings is 1. The Morgan fingerprint density at radius 3 is 2.18 bits per heavy atom. The number of aromatic nitrogens is 2. The fourth-order valence-corrected chi connectivity index (χ4v) is 3.64. The van der Waals surface area contributed by atoms with E-state index in [4.69, 9.17) is 10.7 Å². The second kappa shape index (κ2) is 9.42. The molecule has 1 aromatic heterocycles. The number of nitrogens with zero attached hydrogens (tertiary/aromatic N) is 3. The van der Waals surface area contributed by atoms with Gasteiger partial charge in [0.05, 0.1) is 11.2 Å². The zero-order valence-electron chi connectivity index (χ0n) is 17.7. The van der Waals surface area contributed by atoms with E-state index in [9.17, 15) is 0 Å². The van der Waals surface area contributed by atoms with E-state index in [2.05, 4.69) is 48.9 Å². The van der Waals surface area contributed by atoms with E-state index < -0.39 is 0 Å². The fraction of sp³-hybridized carbons (Fsp3) is 0.542. The van der Waals surface area contributed by atoms with Gasteiger partial charge in [-0.05, 0) is 75.1 Å². The third kappa shape index (κ3) is 4.85. The van der Waals surface area contributed by atoms with Crippen LogP contribution in [0.15, 0.2) is 35.6 Å². The number of unbranched alkanes of at least 4 members (excludes halogenated alkanes) is 2. The summed E-state index contributed by atoms with van der Waals surface area (Å²) in [4.78, 5) is 14.1. The maximum atomic E-state index is 6.33. The molecule has 150 valence electrons. The summed E-state index contributed by atoms with van der Waals surface area (Å²) in [7, 11) is 0. The lowest BCUT2D eigenvalue weighted by Crippen LogP contribution is -2.44. The van der Waals surface area contributed by atoms with Crippen molar-refractivity contribution in [1.82, 2.24) is 9.97 Å². The molecule has 2 aromatic rings. The van der Waals surface area contributed by atoms with Crippen LogP contribution in [0.4, 0.5) is 5.69 Å². The summed E-state index contributed by atoms with van der Waals surface area (Å²) < 4.78 is 0. The van der Waals surface area contributed by atoms with E-state index in [1.165, 1.54) is 43.4 Å². The summed E-state index contributed by atoms with van der Waals surface area (Å²) in [5.41, 5.74) is 11.8. The van der Waals surface area contributed by atoms with Crippen molar-refractivity contribution >= 4 is 11.4 Å². The fourth-order valence-electron chi connectivity index (χ4n) is 3.64. The Labute approximate surface area is 169 Å². The van der Waals surface area contributed by atoms with Crippen molar-refractivity contribution in [3.8, 4) is 11.1 Å². The molecule has 1 aliphatic carbocycles. The minimum atomic E-state index is -0.305. The molecular weight excluding hydrogens is 344 g/mol. The van der Waals surface area contributed by atoms with Crippen LogP contribution < -0.4 is 5.73 Å². The molecule has 3 rings (SSSR count). The lowest BCUT2D eigenvalue weighted by atomic mass is 9.77. The lowest BCUT2D eigenvalue weighted by Gasteiger charge is -2.36. The third-order valence-corrected chi connectivity index (χ3v) is 5.79. The summed E-state index contributed by atoms with van der Waals surface area (Å²) in [6, 6.07) is 6.45. The van der Waals surface area contributed by atoms with Crippen molar-refractivity contribution in [2.45, 2.75) is 84.1 Å². The Kier molecular flexibility index (Phi) is 6.95. The SMILES string of the molecule is CCCCC(CCCC)=Nc1ccc(-c2cnc(C3(N)CCC3)nc2)cc1C. The Balaban J connectivity index is 1.78. The number of aryl methyl sites for hydroxylation is 1. The molecule has 0 saturated heterocycles. The highest BCUT2D eigenvalue weighted by atomic mass is 15.0. The quantitative estimate of drug-likeness (QED) is 0.525. The molecule has 0 amide bonds. The molecule has 0 aliphatic heterocycles. The van der Waals surface area contributed by atoms with Gasteiger partial charge in [0, 0.05) is 23.7 Å². The van der Waals surface area contributed by atoms with Gasteiger partial charge in [0.15, 0.2) is 0 Å². The van der Waals surface area contributed by atoms with Gasteiger partial charge in [-0.3, -0.25) is 4.99 Å². The van der Waals surface area contributed by atoms with E-state index in [1.54, 1.807) is 0 Å². The molecule has 0 unspecified atom stereocenters. The smallest absolute Gasteiger partial charge is 0.148 e. The van der Waals surface area contributed by atoms with Crippen LogP contribution in [0.5, 0.6) is 0 Å². The highest BCUT2D eigenvalue weighted by Crippen LogP contribution is 2.37. The van der Waals surface area contributed by atoms with Crippen molar-refractivity contribution in [2.75, 3.05) is 0 Å². The molecule has 1 heterocycles. The molecular formula is C24H34N4. The lowest BCUT2D eigenvalue weighted by molar-refractivity contribution is 0.238. The van der Waals surface area contributed by atoms with Crippen LogP contribution in [-0.4, -0.2) is 15.7 Å². The van der Waals surface area contributed by atoms with Crippen molar-refractivity contribution in [1.29, 1.82) is 0 Å². The summed E-state index contributed by atoms with van der Waals surface area (Å²) in [5, 5.41) is 0. The first-order valence-corrected chi connectivity index (χ1v) is 10.8. The van der Waals surface area contributed by atoms with Gasteiger partial charge in [0.1, 0.15) is 5.82 Å². The topological polar surface area (TPSA) is 64.2 Å². The summed E-state index contributed by atoms with van der Waals surface area (Å²) >= 11 is 0. The first-order valence-electron chi connectivity index (χ1n) is 10.8. The van der Waals surface area contributed by atoms with Crippen molar-refractivity contribution in [3.05, 3.63) is 42.0 Å². The second-order valence-corrected chi connectivity index (χ2v) is 8.19. The van der Waals surface area contributed by atoms with Gasteiger partial charge in [-0.15, -0.1) is 0 Å². The average Bonchev–Trinajstić information content (AvgIpc) is 2.69. The van der Waals surface area contributed by atoms with E-state index in [0.29, 0.717) is 0 Å². The average molecular weight is 379 g/mol. The molecule has 4 heteroatoms.